The van der Waals surface area contributed by atoms with Gasteiger partial charge in [-0.1, -0.05) is 19.8 Å². The van der Waals surface area contributed by atoms with Gasteiger partial charge in [-0.25, -0.2) is 9.59 Å². The van der Waals surface area contributed by atoms with Crippen LogP contribution >= 0.6 is 0 Å². The molecule has 0 aliphatic carbocycles. The van der Waals surface area contributed by atoms with Crippen LogP contribution in [0.4, 0.5) is 0 Å². The van der Waals surface area contributed by atoms with E-state index < -0.39 is 11.9 Å². The Morgan fingerprint density at radius 3 is 2.57 bits per heavy atom. The van der Waals surface area contributed by atoms with Gasteiger partial charge in [-0.05, 0) is 6.42 Å². The summed E-state index contributed by atoms with van der Waals surface area (Å²) >= 11 is 0. The maximum absolute atomic E-state index is 10.7. The standard InChI is InChI=1S/C9H14O5/c1-2-3-4-7-13-14-9(12)6-5-8(10)11/h5-6H,2-4,7H2,1H3,(H,10,11)/b6-5-. The summed E-state index contributed by atoms with van der Waals surface area (Å²) in [4.78, 5) is 29.5. The molecule has 0 unspecified atom stereocenters. The van der Waals surface area contributed by atoms with Crippen molar-refractivity contribution in [1.82, 2.24) is 0 Å². The molecule has 0 rings (SSSR count). The Bertz CT molecular complexity index is 209. The minimum Gasteiger partial charge on any atom is -0.478 e. The van der Waals surface area contributed by atoms with Crippen molar-refractivity contribution in [1.29, 1.82) is 0 Å². The molecule has 0 atom stereocenters. The number of rotatable bonds is 7. The fourth-order valence-corrected chi connectivity index (χ4v) is 0.678. The summed E-state index contributed by atoms with van der Waals surface area (Å²) in [5.74, 6) is -2.02. The average molecular weight is 202 g/mol. The van der Waals surface area contributed by atoms with Crippen molar-refractivity contribution in [3.63, 3.8) is 0 Å². The van der Waals surface area contributed by atoms with E-state index in [-0.39, 0.29) is 0 Å². The SMILES string of the molecule is CCCCCOOC(=O)/C=C\C(=O)O. The van der Waals surface area contributed by atoms with E-state index in [2.05, 4.69) is 9.78 Å². The van der Waals surface area contributed by atoms with Gasteiger partial charge in [-0.2, -0.15) is 4.89 Å². The van der Waals surface area contributed by atoms with Gasteiger partial charge in [-0.15, -0.1) is 0 Å². The Balaban J connectivity index is 3.40. The summed E-state index contributed by atoms with van der Waals surface area (Å²) in [6, 6.07) is 0. The van der Waals surface area contributed by atoms with Crippen LogP contribution in [0.15, 0.2) is 12.2 Å². The molecule has 5 nitrogen and oxygen atoms in total. The average Bonchev–Trinajstić information content (AvgIpc) is 2.14. The van der Waals surface area contributed by atoms with Gasteiger partial charge in [0.15, 0.2) is 0 Å². The lowest BCUT2D eigenvalue weighted by molar-refractivity contribution is -0.267. The van der Waals surface area contributed by atoms with Crippen molar-refractivity contribution in [2.75, 3.05) is 6.61 Å². The molecule has 0 radical (unpaired) electrons. The third-order valence-corrected chi connectivity index (χ3v) is 1.33. The molecule has 0 aromatic carbocycles. The van der Waals surface area contributed by atoms with Crippen LogP contribution in [-0.4, -0.2) is 23.7 Å². The normalized spacial score (nSPS) is 10.4. The Labute approximate surface area is 82.2 Å². The van der Waals surface area contributed by atoms with Crippen LogP contribution in [0.1, 0.15) is 26.2 Å². The van der Waals surface area contributed by atoms with Gasteiger partial charge in [0.1, 0.15) is 0 Å². The molecule has 0 bridgehead atoms. The second kappa shape index (κ2) is 8.25. The van der Waals surface area contributed by atoms with E-state index in [1.165, 1.54) is 0 Å². The quantitative estimate of drug-likeness (QED) is 0.291. The molecule has 0 aromatic rings. The van der Waals surface area contributed by atoms with Crippen LogP contribution in [0.5, 0.6) is 0 Å². The highest BCUT2D eigenvalue weighted by Crippen LogP contribution is 1.94. The van der Waals surface area contributed by atoms with E-state index in [1.807, 2.05) is 6.92 Å². The molecule has 14 heavy (non-hydrogen) atoms. The fraction of sp³-hybridized carbons (Fsp3) is 0.556. The van der Waals surface area contributed by atoms with Crippen LogP contribution in [0.3, 0.4) is 0 Å². The zero-order valence-electron chi connectivity index (χ0n) is 8.06. The topological polar surface area (TPSA) is 72.8 Å². The van der Waals surface area contributed by atoms with E-state index in [9.17, 15) is 9.59 Å². The van der Waals surface area contributed by atoms with Crippen LogP contribution in [0.25, 0.3) is 0 Å². The summed E-state index contributed by atoms with van der Waals surface area (Å²) in [7, 11) is 0. The lowest BCUT2D eigenvalue weighted by Gasteiger charge is -1.99. The maximum atomic E-state index is 10.7. The Kier molecular flexibility index (Phi) is 7.45. The fourth-order valence-electron chi connectivity index (χ4n) is 0.678. The van der Waals surface area contributed by atoms with E-state index in [1.54, 1.807) is 0 Å². The third kappa shape index (κ3) is 8.73. The number of carbonyl (C=O) groups is 2. The number of unbranched alkanes of at least 4 members (excludes halogenated alkanes) is 2. The van der Waals surface area contributed by atoms with Crippen molar-refractivity contribution in [2.24, 2.45) is 0 Å². The molecular formula is C9H14O5. The molecule has 0 amide bonds. The first-order valence-electron chi connectivity index (χ1n) is 4.41. The molecule has 1 N–H and O–H groups in total. The predicted octanol–water partition coefficient (Wildman–Crippen LogP) is 1.29. The third-order valence-electron chi connectivity index (χ3n) is 1.33. The van der Waals surface area contributed by atoms with Gasteiger partial charge in [0.05, 0.1) is 6.61 Å². The van der Waals surface area contributed by atoms with Crippen LogP contribution < -0.4 is 0 Å². The molecule has 0 heterocycles. The van der Waals surface area contributed by atoms with Crippen molar-refractivity contribution >= 4 is 11.9 Å². The number of carbonyl (C=O) groups excluding carboxylic acids is 1. The summed E-state index contributed by atoms with van der Waals surface area (Å²) in [6.45, 7) is 2.38. The number of carboxylic acids is 1. The van der Waals surface area contributed by atoms with Crippen LogP contribution in [-0.2, 0) is 19.4 Å². The first-order valence-corrected chi connectivity index (χ1v) is 4.41. The molecule has 0 fully saturated rings. The second-order valence-corrected chi connectivity index (χ2v) is 2.60. The largest absolute Gasteiger partial charge is 0.478 e. The van der Waals surface area contributed by atoms with Gasteiger partial charge < -0.3 is 5.11 Å². The van der Waals surface area contributed by atoms with Gasteiger partial charge in [-0.3, -0.25) is 4.89 Å². The van der Waals surface area contributed by atoms with Gasteiger partial charge in [0, 0.05) is 12.2 Å². The van der Waals surface area contributed by atoms with Gasteiger partial charge in [0.25, 0.3) is 0 Å². The Morgan fingerprint density at radius 1 is 1.29 bits per heavy atom. The maximum Gasteiger partial charge on any atom is 0.366 e. The van der Waals surface area contributed by atoms with E-state index in [0.717, 1.165) is 25.3 Å². The highest BCUT2D eigenvalue weighted by molar-refractivity contribution is 5.90. The first-order chi connectivity index (χ1) is 6.66. The van der Waals surface area contributed by atoms with Gasteiger partial charge >= 0.3 is 11.9 Å². The highest BCUT2D eigenvalue weighted by atomic mass is 17.2. The van der Waals surface area contributed by atoms with E-state index in [4.69, 9.17) is 5.11 Å². The van der Waals surface area contributed by atoms with Crippen LogP contribution in [0.2, 0.25) is 0 Å². The van der Waals surface area contributed by atoms with Crippen molar-refractivity contribution in [3.8, 4) is 0 Å². The smallest absolute Gasteiger partial charge is 0.366 e. The molecule has 0 aliphatic rings. The van der Waals surface area contributed by atoms with Crippen LogP contribution in [0, 0.1) is 0 Å². The summed E-state index contributed by atoms with van der Waals surface area (Å²) < 4.78 is 0. The zero-order valence-corrected chi connectivity index (χ0v) is 8.06. The molecule has 0 saturated heterocycles. The summed E-state index contributed by atoms with van der Waals surface area (Å²) in [6.07, 6.45) is 4.35. The number of hydrogen-bond donors (Lipinski definition) is 1. The number of carboxylic acid groups (broad SMARTS) is 1. The monoisotopic (exact) mass is 202 g/mol. The van der Waals surface area contributed by atoms with Crippen molar-refractivity contribution in [3.05, 3.63) is 12.2 Å². The molecular weight excluding hydrogens is 188 g/mol. The van der Waals surface area contributed by atoms with E-state index >= 15 is 0 Å². The minimum absolute atomic E-state index is 0.334. The minimum atomic E-state index is -1.20. The Morgan fingerprint density at radius 2 is 2.00 bits per heavy atom. The lowest BCUT2D eigenvalue weighted by Crippen LogP contribution is -2.04. The number of hydrogen-bond acceptors (Lipinski definition) is 4. The predicted molar refractivity (Wildman–Crippen MR) is 48.3 cm³/mol. The molecule has 80 valence electrons. The molecule has 0 spiro atoms. The first kappa shape index (κ1) is 12.6. The second-order valence-electron chi connectivity index (χ2n) is 2.60. The van der Waals surface area contributed by atoms with Crippen molar-refractivity contribution in [2.45, 2.75) is 26.2 Å². The molecule has 5 heteroatoms. The molecule has 0 aliphatic heterocycles. The zero-order chi connectivity index (χ0) is 10.8. The van der Waals surface area contributed by atoms with Crippen molar-refractivity contribution < 1.29 is 24.5 Å². The summed E-state index contributed by atoms with van der Waals surface area (Å²) in [5.41, 5.74) is 0. The number of aliphatic carboxylic acids is 1. The Hall–Kier alpha value is -1.36. The highest BCUT2D eigenvalue weighted by Gasteiger charge is 1.98. The molecule has 0 aromatic heterocycles. The van der Waals surface area contributed by atoms with Gasteiger partial charge in [0.2, 0.25) is 0 Å². The lowest BCUT2D eigenvalue weighted by atomic mass is 10.3. The summed E-state index contributed by atoms with van der Waals surface area (Å²) in [5, 5.41) is 8.17. The molecule has 0 saturated carbocycles. The van der Waals surface area contributed by atoms with E-state index in [0.29, 0.717) is 12.7 Å².